The van der Waals surface area contributed by atoms with Crippen molar-refractivity contribution in [3.63, 3.8) is 0 Å². The molecule has 0 fully saturated rings. The van der Waals surface area contributed by atoms with Crippen molar-refractivity contribution in [2.45, 2.75) is 39.0 Å². The number of carboxylic acid groups (broad SMARTS) is 1. The number of rotatable bonds is 8. The average Bonchev–Trinajstić information content (AvgIpc) is 2.14. The number of allylic oxidation sites excluding steroid dienone is 1. The van der Waals surface area contributed by atoms with Gasteiger partial charge >= 0.3 is 5.97 Å². The second-order valence-electron chi connectivity index (χ2n) is 3.49. The molecule has 0 amide bonds. The fourth-order valence-corrected chi connectivity index (χ4v) is 1.03. The van der Waals surface area contributed by atoms with Gasteiger partial charge in [-0.15, -0.1) is 0 Å². The molecule has 0 aliphatic heterocycles. The van der Waals surface area contributed by atoms with E-state index in [0.717, 1.165) is 0 Å². The van der Waals surface area contributed by atoms with Crippen LogP contribution >= 0.6 is 0 Å². The van der Waals surface area contributed by atoms with E-state index >= 15 is 0 Å². The van der Waals surface area contributed by atoms with Gasteiger partial charge in [-0.3, -0.25) is 14.4 Å². The summed E-state index contributed by atoms with van der Waals surface area (Å²) >= 11 is 0. The molecule has 84 valence electrons. The molecular formula is C11H16O4. The Bertz CT molecular complexity index is 278. The minimum absolute atomic E-state index is 0.0407. The molecule has 1 N–H and O–H groups in total. The normalized spacial score (nSPS) is 9.67. The number of Topliss-reactive ketones (excluding diaryl/α,β-unsaturated/α-hetero) is 2. The number of carbonyl (C=O) groups excluding carboxylic acids is 2. The van der Waals surface area contributed by atoms with E-state index in [2.05, 4.69) is 6.58 Å². The molecule has 0 radical (unpaired) electrons. The quantitative estimate of drug-likeness (QED) is 0.622. The van der Waals surface area contributed by atoms with Crippen LogP contribution in [0.4, 0.5) is 0 Å². The van der Waals surface area contributed by atoms with Crippen LogP contribution in [0, 0.1) is 0 Å². The zero-order valence-electron chi connectivity index (χ0n) is 8.91. The van der Waals surface area contributed by atoms with E-state index in [1.165, 1.54) is 0 Å². The molecule has 4 heteroatoms. The largest absolute Gasteiger partial charge is 0.481 e. The van der Waals surface area contributed by atoms with E-state index in [1.54, 1.807) is 6.92 Å². The summed E-state index contributed by atoms with van der Waals surface area (Å²) in [5.41, 5.74) is 0.494. The predicted octanol–water partition coefficient (Wildman–Crippen LogP) is 1.74. The van der Waals surface area contributed by atoms with Gasteiger partial charge in [0.15, 0.2) is 5.78 Å². The second kappa shape index (κ2) is 6.92. The topological polar surface area (TPSA) is 71.4 Å². The molecule has 0 aromatic carbocycles. The van der Waals surface area contributed by atoms with Gasteiger partial charge in [0.1, 0.15) is 5.78 Å². The zero-order chi connectivity index (χ0) is 11.8. The van der Waals surface area contributed by atoms with Crippen molar-refractivity contribution in [2.75, 3.05) is 0 Å². The van der Waals surface area contributed by atoms with Gasteiger partial charge in [-0.2, -0.15) is 0 Å². The van der Waals surface area contributed by atoms with E-state index < -0.39 is 5.97 Å². The predicted molar refractivity (Wildman–Crippen MR) is 55.5 cm³/mol. The fraction of sp³-hybridized carbons (Fsp3) is 0.545. The molecule has 15 heavy (non-hydrogen) atoms. The molecule has 0 aliphatic carbocycles. The van der Waals surface area contributed by atoms with Gasteiger partial charge in [-0.05, 0) is 18.9 Å². The Morgan fingerprint density at radius 2 is 1.67 bits per heavy atom. The third kappa shape index (κ3) is 7.61. The summed E-state index contributed by atoms with van der Waals surface area (Å²) in [4.78, 5) is 32.3. The molecule has 0 rings (SSSR count). The monoisotopic (exact) mass is 212 g/mol. The number of aliphatic carboxylic acids is 1. The lowest BCUT2D eigenvalue weighted by Gasteiger charge is -1.99. The van der Waals surface area contributed by atoms with E-state index in [0.29, 0.717) is 18.4 Å². The van der Waals surface area contributed by atoms with Gasteiger partial charge in [-0.1, -0.05) is 6.58 Å². The van der Waals surface area contributed by atoms with Crippen LogP contribution in [0.2, 0.25) is 0 Å². The summed E-state index contributed by atoms with van der Waals surface area (Å²) in [5.74, 6) is -1.12. The van der Waals surface area contributed by atoms with Crippen molar-refractivity contribution in [3.8, 4) is 0 Å². The maximum atomic E-state index is 11.1. The van der Waals surface area contributed by atoms with Gasteiger partial charge in [0.05, 0.1) is 6.42 Å². The van der Waals surface area contributed by atoms with Gasteiger partial charge in [0.25, 0.3) is 0 Å². The zero-order valence-corrected chi connectivity index (χ0v) is 8.91. The highest BCUT2D eigenvalue weighted by Crippen LogP contribution is 2.05. The maximum absolute atomic E-state index is 11.1. The van der Waals surface area contributed by atoms with Crippen LogP contribution in [0.5, 0.6) is 0 Å². The molecule has 0 unspecified atom stereocenters. The molecule has 0 aromatic heterocycles. The minimum atomic E-state index is -0.971. The summed E-state index contributed by atoms with van der Waals surface area (Å²) in [6.07, 6.45) is 0.981. The summed E-state index contributed by atoms with van der Waals surface area (Å²) in [6.45, 7) is 5.13. The second-order valence-corrected chi connectivity index (χ2v) is 3.49. The number of ketones is 2. The summed E-state index contributed by atoms with van der Waals surface area (Å²) < 4.78 is 0. The van der Waals surface area contributed by atoms with Crippen molar-refractivity contribution in [1.82, 2.24) is 0 Å². The van der Waals surface area contributed by atoms with Gasteiger partial charge in [0.2, 0.25) is 0 Å². The maximum Gasteiger partial charge on any atom is 0.303 e. The molecule has 0 heterocycles. The van der Waals surface area contributed by atoms with Gasteiger partial charge < -0.3 is 5.11 Å². The van der Waals surface area contributed by atoms with Crippen LogP contribution in [0.25, 0.3) is 0 Å². The minimum Gasteiger partial charge on any atom is -0.481 e. The highest BCUT2D eigenvalue weighted by Gasteiger charge is 2.07. The van der Waals surface area contributed by atoms with Crippen molar-refractivity contribution in [1.29, 1.82) is 0 Å². The van der Waals surface area contributed by atoms with E-state index in [9.17, 15) is 14.4 Å². The number of hydrogen-bond acceptors (Lipinski definition) is 3. The van der Waals surface area contributed by atoms with Gasteiger partial charge in [0, 0.05) is 19.3 Å². The van der Waals surface area contributed by atoms with Crippen molar-refractivity contribution in [2.24, 2.45) is 0 Å². The van der Waals surface area contributed by atoms with Crippen LogP contribution < -0.4 is 0 Å². The molecule has 0 atom stereocenters. The Hall–Kier alpha value is -1.45. The molecular weight excluding hydrogens is 196 g/mol. The molecule has 4 nitrogen and oxygen atoms in total. The van der Waals surface area contributed by atoms with Crippen molar-refractivity contribution >= 4 is 17.5 Å². The number of carboxylic acids is 1. The van der Waals surface area contributed by atoms with E-state index in [1.807, 2.05) is 0 Å². The Balaban J connectivity index is 3.59. The Labute approximate surface area is 89.0 Å². The Kier molecular flexibility index (Phi) is 6.25. The Morgan fingerprint density at radius 1 is 1.07 bits per heavy atom. The standard InChI is InChI=1S/C11H16O4/c1-8(2)10(13)5-3-4-9(12)6-7-11(14)15/h1,3-7H2,2H3,(H,14,15). The summed E-state index contributed by atoms with van der Waals surface area (Å²) in [5, 5.41) is 8.33. The SMILES string of the molecule is C=C(C)C(=O)CCCC(=O)CCC(=O)O. The van der Waals surface area contributed by atoms with E-state index in [-0.39, 0.29) is 30.8 Å². The highest BCUT2D eigenvalue weighted by molar-refractivity contribution is 5.94. The molecule has 0 aliphatic rings. The first-order chi connectivity index (χ1) is 6.93. The lowest BCUT2D eigenvalue weighted by molar-refractivity contribution is -0.138. The third-order valence-corrected chi connectivity index (χ3v) is 1.95. The molecule has 0 bridgehead atoms. The third-order valence-electron chi connectivity index (χ3n) is 1.95. The first-order valence-corrected chi connectivity index (χ1v) is 4.85. The average molecular weight is 212 g/mol. The first kappa shape index (κ1) is 13.5. The van der Waals surface area contributed by atoms with Crippen LogP contribution in [0.3, 0.4) is 0 Å². The molecule has 0 spiro atoms. The van der Waals surface area contributed by atoms with Gasteiger partial charge in [-0.25, -0.2) is 0 Å². The lowest BCUT2D eigenvalue weighted by atomic mass is 10.0. The lowest BCUT2D eigenvalue weighted by Crippen LogP contribution is -2.05. The molecule has 0 aromatic rings. The summed E-state index contributed by atoms with van der Waals surface area (Å²) in [7, 11) is 0. The van der Waals surface area contributed by atoms with Crippen molar-refractivity contribution < 1.29 is 19.5 Å². The van der Waals surface area contributed by atoms with Crippen LogP contribution in [0.1, 0.15) is 39.0 Å². The fourth-order valence-electron chi connectivity index (χ4n) is 1.03. The van der Waals surface area contributed by atoms with Crippen molar-refractivity contribution in [3.05, 3.63) is 12.2 Å². The highest BCUT2D eigenvalue weighted by atomic mass is 16.4. The molecule has 0 saturated heterocycles. The number of hydrogen-bond donors (Lipinski definition) is 1. The number of carbonyl (C=O) groups is 3. The van der Waals surface area contributed by atoms with Crippen LogP contribution in [-0.2, 0) is 14.4 Å². The van der Waals surface area contributed by atoms with E-state index in [4.69, 9.17) is 5.11 Å². The van der Waals surface area contributed by atoms with Crippen LogP contribution in [0.15, 0.2) is 12.2 Å². The van der Waals surface area contributed by atoms with Crippen LogP contribution in [-0.4, -0.2) is 22.6 Å². The smallest absolute Gasteiger partial charge is 0.303 e. The molecule has 0 saturated carbocycles. The Morgan fingerprint density at radius 3 is 2.13 bits per heavy atom. The summed E-state index contributed by atoms with van der Waals surface area (Å²) in [6, 6.07) is 0. The first-order valence-electron chi connectivity index (χ1n) is 4.85.